The van der Waals surface area contributed by atoms with E-state index in [1.807, 2.05) is 13.8 Å². The summed E-state index contributed by atoms with van der Waals surface area (Å²) in [7, 11) is 0. The first-order valence-corrected chi connectivity index (χ1v) is 6.00. The lowest BCUT2D eigenvalue weighted by Gasteiger charge is -2.07. The first-order chi connectivity index (χ1) is 8.50. The molecule has 0 aromatic heterocycles. The second-order valence-corrected chi connectivity index (χ2v) is 4.52. The molecule has 0 spiro atoms. The summed E-state index contributed by atoms with van der Waals surface area (Å²) in [6.07, 6.45) is 0.976. The van der Waals surface area contributed by atoms with E-state index >= 15 is 0 Å². The summed E-state index contributed by atoms with van der Waals surface area (Å²) < 4.78 is 19.6. The molecule has 1 fully saturated rings. The Bertz CT molecular complexity index is 288. The maximum absolute atomic E-state index is 11.5. The molecule has 2 atom stereocenters. The van der Waals surface area contributed by atoms with Gasteiger partial charge < -0.3 is 18.9 Å². The monoisotopic (exact) mass is 260 g/mol. The van der Waals surface area contributed by atoms with Gasteiger partial charge in [0.2, 0.25) is 0 Å². The molecule has 0 aromatic carbocycles. The van der Waals surface area contributed by atoms with Gasteiger partial charge in [0.15, 0.2) is 13.6 Å². The maximum atomic E-state index is 11.5. The minimum absolute atomic E-state index is 0.0823. The molecular formula is C12H20O6. The van der Waals surface area contributed by atoms with Gasteiger partial charge in [-0.05, 0) is 26.2 Å². The van der Waals surface area contributed by atoms with Crippen molar-refractivity contribution in [3.8, 4) is 0 Å². The molecule has 6 heteroatoms. The number of esters is 2. The van der Waals surface area contributed by atoms with Gasteiger partial charge in [0.05, 0.1) is 18.6 Å². The van der Waals surface area contributed by atoms with E-state index < -0.39 is 5.97 Å². The molecule has 0 aromatic rings. The maximum Gasteiger partial charge on any atom is 0.311 e. The van der Waals surface area contributed by atoms with E-state index in [0.717, 1.165) is 6.42 Å². The number of hydrogen-bond donors (Lipinski definition) is 0. The van der Waals surface area contributed by atoms with Gasteiger partial charge in [0.1, 0.15) is 0 Å². The van der Waals surface area contributed by atoms with Crippen molar-refractivity contribution < 1.29 is 28.5 Å². The van der Waals surface area contributed by atoms with Gasteiger partial charge in [0, 0.05) is 6.92 Å². The van der Waals surface area contributed by atoms with Crippen molar-refractivity contribution >= 4 is 11.9 Å². The van der Waals surface area contributed by atoms with Crippen LogP contribution in [0.2, 0.25) is 0 Å². The van der Waals surface area contributed by atoms with E-state index in [2.05, 4.69) is 4.74 Å². The molecule has 0 unspecified atom stereocenters. The molecular weight excluding hydrogens is 240 g/mol. The predicted molar refractivity (Wildman–Crippen MR) is 61.4 cm³/mol. The summed E-state index contributed by atoms with van der Waals surface area (Å²) in [5, 5.41) is 0. The molecule has 0 aliphatic heterocycles. The molecule has 0 radical (unpaired) electrons. The van der Waals surface area contributed by atoms with Crippen molar-refractivity contribution in [3.05, 3.63) is 0 Å². The molecule has 0 saturated heterocycles. The summed E-state index contributed by atoms with van der Waals surface area (Å²) in [6.45, 7) is 5.38. The molecule has 1 aliphatic rings. The van der Waals surface area contributed by atoms with Crippen molar-refractivity contribution in [2.45, 2.75) is 33.3 Å². The summed E-state index contributed by atoms with van der Waals surface area (Å²) in [6, 6.07) is 0. The third-order valence-corrected chi connectivity index (χ3v) is 2.50. The average molecular weight is 260 g/mol. The molecule has 6 nitrogen and oxygen atoms in total. The molecule has 0 bridgehead atoms. The highest BCUT2D eigenvalue weighted by Gasteiger charge is 2.44. The largest absolute Gasteiger partial charge is 0.439 e. The molecule has 0 heterocycles. The van der Waals surface area contributed by atoms with Gasteiger partial charge in [0.25, 0.3) is 0 Å². The first kappa shape index (κ1) is 14.9. The average Bonchev–Trinajstić information content (AvgIpc) is 3.04. The number of carbonyl (C=O) groups is 2. The molecule has 1 aliphatic carbocycles. The summed E-state index contributed by atoms with van der Waals surface area (Å²) in [5.41, 5.74) is 0. The Morgan fingerprint density at radius 3 is 2.50 bits per heavy atom. The van der Waals surface area contributed by atoms with Crippen molar-refractivity contribution in [2.24, 2.45) is 11.8 Å². The predicted octanol–water partition coefficient (Wildman–Crippen LogP) is 1.09. The van der Waals surface area contributed by atoms with Crippen LogP contribution in [-0.4, -0.2) is 38.2 Å². The lowest BCUT2D eigenvalue weighted by atomic mass is 10.3. The Balaban J connectivity index is 2.00. The number of rotatable bonds is 8. The Kier molecular flexibility index (Phi) is 6.07. The zero-order valence-electron chi connectivity index (χ0n) is 11.0. The minimum Gasteiger partial charge on any atom is -0.439 e. The third-order valence-electron chi connectivity index (χ3n) is 2.50. The van der Waals surface area contributed by atoms with Crippen LogP contribution in [0.4, 0.5) is 0 Å². The van der Waals surface area contributed by atoms with Crippen LogP contribution in [-0.2, 0) is 28.5 Å². The highest BCUT2D eigenvalue weighted by Crippen LogP contribution is 2.39. The standard InChI is InChI=1S/C12H20O6/c1-8(2)16-5-10-4-11(10)12(14)18-7-15-6-17-9(3)13/h8,10-11H,4-7H2,1-3H3/t10-,11+/m0/s1. The fraction of sp³-hybridized carbons (Fsp3) is 0.833. The van der Waals surface area contributed by atoms with E-state index in [0.29, 0.717) is 6.61 Å². The van der Waals surface area contributed by atoms with Crippen molar-refractivity contribution in [1.82, 2.24) is 0 Å². The van der Waals surface area contributed by atoms with Gasteiger partial charge in [-0.2, -0.15) is 0 Å². The van der Waals surface area contributed by atoms with Crippen LogP contribution in [0.3, 0.4) is 0 Å². The highest BCUT2D eigenvalue weighted by molar-refractivity contribution is 5.75. The van der Waals surface area contributed by atoms with Gasteiger partial charge in [-0.25, -0.2) is 0 Å². The van der Waals surface area contributed by atoms with E-state index in [1.54, 1.807) is 0 Å². The van der Waals surface area contributed by atoms with E-state index in [-0.39, 0.29) is 37.5 Å². The zero-order valence-corrected chi connectivity index (χ0v) is 11.0. The molecule has 1 rings (SSSR count). The fourth-order valence-corrected chi connectivity index (χ4v) is 1.40. The van der Waals surface area contributed by atoms with Crippen LogP contribution in [0.25, 0.3) is 0 Å². The van der Waals surface area contributed by atoms with Gasteiger partial charge in [-0.3, -0.25) is 9.59 Å². The Hall–Kier alpha value is -1.14. The second kappa shape index (κ2) is 7.33. The van der Waals surface area contributed by atoms with Crippen molar-refractivity contribution in [2.75, 3.05) is 20.2 Å². The molecule has 104 valence electrons. The zero-order chi connectivity index (χ0) is 13.5. The molecule has 1 saturated carbocycles. The molecule has 18 heavy (non-hydrogen) atoms. The molecule has 0 N–H and O–H groups in total. The van der Waals surface area contributed by atoms with E-state index in [1.165, 1.54) is 6.92 Å². The summed E-state index contributed by atoms with van der Waals surface area (Å²) in [5.74, 6) is -0.543. The molecule has 0 amide bonds. The van der Waals surface area contributed by atoms with Crippen LogP contribution in [0.5, 0.6) is 0 Å². The van der Waals surface area contributed by atoms with Crippen LogP contribution in [0.15, 0.2) is 0 Å². The quantitative estimate of drug-likeness (QED) is 0.369. The Morgan fingerprint density at radius 2 is 1.89 bits per heavy atom. The Morgan fingerprint density at radius 1 is 1.22 bits per heavy atom. The van der Waals surface area contributed by atoms with E-state index in [4.69, 9.17) is 14.2 Å². The highest BCUT2D eigenvalue weighted by atomic mass is 16.8. The second-order valence-electron chi connectivity index (χ2n) is 4.52. The fourth-order valence-electron chi connectivity index (χ4n) is 1.40. The minimum atomic E-state index is -0.436. The van der Waals surface area contributed by atoms with E-state index in [9.17, 15) is 9.59 Å². The topological polar surface area (TPSA) is 71.1 Å². The Labute approximate surface area is 107 Å². The number of carbonyl (C=O) groups excluding carboxylic acids is 2. The van der Waals surface area contributed by atoms with Gasteiger partial charge >= 0.3 is 11.9 Å². The van der Waals surface area contributed by atoms with Gasteiger partial charge in [-0.1, -0.05) is 0 Å². The SMILES string of the molecule is CC(=O)OCOCOC(=O)[C@@H]1C[C@H]1COC(C)C. The van der Waals surface area contributed by atoms with Crippen LogP contribution in [0.1, 0.15) is 27.2 Å². The smallest absolute Gasteiger partial charge is 0.311 e. The summed E-state index contributed by atoms with van der Waals surface area (Å²) in [4.78, 5) is 21.9. The van der Waals surface area contributed by atoms with Crippen molar-refractivity contribution in [1.29, 1.82) is 0 Å². The number of ether oxygens (including phenoxy) is 4. The lowest BCUT2D eigenvalue weighted by molar-refractivity contribution is -0.176. The summed E-state index contributed by atoms with van der Waals surface area (Å²) >= 11 is 0. The lowest BCUT2D eigenvalue weighted by Crippen LogP contribution is -2.15. The number of hydrogen-bond acceptors (Lipinski definition) is 6. The third kappa shape index (κ3) is 5.97. The van der Waals surface area contributed by atoms with Gasteiger partial charge in [-0.15, -0.1) is 0 Å². The first-order valence-electron chi connectivity index (χ1n) is 6.00. The van der Waals surface area contributed by atoms with Crippen LogP contribution in [0, 0.1) is 11.8 Å². The van der Waals surface area contributed by atoms with Crippen LogP contribution < -0.4 is 0 Å². The van der Waals surface area contributed by atoms with Crippen LogP contribution >= 0.6 is 0 Å². The normalized spacial score (nSPS) is 21.8. The van der Waals surface area contributed by atoms with Crippen molar-refractivity contribution in [3.63, 3.8) is 0 Å².